The Morgan fingerprint density at radius 1 is 0.792 bits per heavy atom. The maximum Gasteiger partial charge on any atom is 0.222 e. The van der Waals surface area contributed by atoms with Gasteiger partial charge in [0.15, 0.2) is 0 Å². The molecule has 0 spiro atoms. The highest BCUT2D eigenvalue weighted by Gasteiger charge is 2.17. The monoisotopic (exact) mass is 348 g/mol. The molecular formula is C16H32N2O6. The topological polar surface area (TPSA) is 122 Å². The number of rotatable bonds is 13. The Morgan fingerprint density at radius 2 is 1.12 bits per heavy atom. The van der Waals surface area contributed by atoms with Gasteiger partial charge in [0.05, 0.1) is 25.4 Å². The summed E-state index contributed by atoms with van der Waals surface area (Å²) in [5.41, 5.74) is 0. The fourth-order valence-electron chi connectivity index (χ4n) is 2.38. The molecule has 2 amide bonds. The van der Waals surface area contributed by atoms with Crippen LogP contribution in [0.25, 0.3) is 0 Å². The first-order valence-corrected chi connectivity index (χ1v) is 8.45. The summed E-state index contributed by atoms with van der Waals surface area (Å²) in [7, 11) is 0. The highest BCUT2D eigenvalue weighted by Crippen LogP contribution is 2.07. The van der Waals surface area contributed by atoms with E-state index in [0.29, 0.717) is 12.8 Å². The molecule has 0 rings (SSSR count). The summed E-state index contributed by atoms with van der Waals surface area (Å²) in [6, 6.07) is 0. The minimum absolute atomic E-state index is 0.159. The van der Waals surface area contributed by atoms with E-state index in [9.17, 15) is 19.8 Å². The van der Waals surface area contributed by atoms with Crippen LogP contribution in [0.15, 0.2) is 0 Å². The van der Waals surface area contributed by atoms with Gasteiger partial charge >= 0.3 is 0 Å². The van der Waals surface area contributed by atoms with Crippen molar-refractivity contribution >= 4 is 11.8 Å². The van der Waals surface area contributed by atoms with Crippen LogP contribution in [-0.4, -0.2) is 93.6 Å². The Morgan fingerprint density at radius 3 is 1.38 bits per heavy atom. The third-order valence-corrected chi connectivity index (χ3v) is 3.45. The van der Waals surface area contributed by atoms with Crippen LogP contribution in [0.4, 0.5) is 0 Å². The van der Waals surface area contributed by atoms with Gasteiger partial charge < -0.3 is 30.2 Å². The number of aliphatic hydroxyl groups excluding tert-OH is 4. The average Bonchev–Trinajstić information content (AvgIpc) is 2.49. The molecule has 0 aromatic heterocycles. The van der Waals surface area contributed by atoms with Crippen molar-refractivity contribution in [3.63, 3.8) is 0 Å². The van der Waals surface area contributed by atoms with Crippen LogP contribution in [-0.2, 0) is 9.59 Å². The molecule has 2 unspecified atom stereocenters. The molecule has 4 N–H and O–H groups in total. The molecule has 142 valence electrons. The summed E-state index contributed by atoms with van der Waals surface area (Å²) >= 11 is 0. The van der Waals surface area contributed by atoms with Gasteiger partial charge in [-0.3, -0.25) is 9.59 Å². The number of aliphatic hydroxyl groups is 4. The van der Waals surface area contributed by atoms with Gasteiger partial charge in [-0.15, -0.1) is 0 Å². The van der Waals surface area contributed by atoms with Gasteiger partial charge in [-0.1, -0.05) is 0 Å². The number of hydrogen-bond donors (Lipinski definition) is 4. The molecular weight excluding hydrogens is 316 g/mol. The Balaban J connectivity index is 4.20. The second-order valence-corrected chi connectivity index (χ2v) is 6.03. The second-order valence-electron chi connectivity index (χ2n) is 6.03. The molecule has 0 fully saturated rings. The summed E-state index contributed by atoms with van der Waals surface area (Å²) in [6.45, 7) is 3.55. The first-order chi connectivity index (χ1) is 11.3. The number of nitrogens with zero attached hydrogens (tertiary/aromatic N) is 2. The standard InChI is InChI=1S/C16H32N2O6/c1-13(21)11-17(7-9-19)15(23)5-3-4-6-16(24)18(8-10-20)12-14(2)22/h13-14,19-22H,3-12H2,1-2H3. The maximum atomic E-state index is 12.0. The molecule has 0 radical (unpaired) electrons. The lowest BCUT2D eigenvalue weighted by Crippen LogP contribution is -2.39. The second kappa shape index (κ2) is 13.1. The fraction of sp³-hybridized carbons (Fsp3) is 0.875. The molecule has 0 aromatic carbocycles. The van der Waals surface area contributed by atoms with Gasteiger partial charge in [0.1, 0.15) is 0 Å². The van der Waals surface area contributed by atoms with Crippen molar-refractivity contribution in [2.75, 3.05) is 39.4 Å². The molecule has 8 nitrogen and oxygen atoms in total. The highest BCUT2D eigenvalue weighted by molar-refractivity contribution is 5.77. The van der Waals surface area contributed by atoms with Gasteiger partial charge in [-0.2, -0.15) is 0 Å². The smallest absolute Gasteiger partial charge is 0.222 e. The van der Waals surface area contributed by atoms with Crippen LogP contribution in [0, 0.1) is 0 Å². The molecule has 0 aliphatic rings. The van der Waals surface area contributed by atoms with E-state index in [4.69, 9.17) is 10.2 Å². The molecule has 0 bridgehead atoms. The van der Waals surface area contributed by atoms with Crippen LogP contribution in [0.2, 0.25) is 0 Å². The third kappa shape index (κ3) is 10.5. The quantitative estimate of drug-likeness (QED) is 0.315. The van der Waals surface area contributed by atoms with Crippen LogP contribution >= 0.6 is 0 Å². The lowest BCUT2D eigenvalue weighted by atomic mass is 10.1. The maximum absolute atomic E-state index is 12.0. The first-order valence-electron chi connectivity index (χ1n) is 8.45. The van der Waals surface area contributed by atoms with E-state index in [0.717, 1.165) is 0 Å². The molecule has 8 heteroatoms. The van der Waals surface area contributed by atoms with E-state index in [1.165, 1.54) is 9.80 Å². The average molecular weight is 348 g/mol. The normalized spacial score (nSPS) is 13.4. The Labute approximate surface area is 143 Å². The SMILES string of the molecule is CC(O)CN(CCO)C(=O)CCCCC(=O)N(CCO)CC(C)O. The molecule has 0 aromatic rings. The minimum atomic E-state index is -0.658. The molecule has 0 saturated heterocycles. The van der Waals surface area contributed by atoms with Crippen molar-refractivity contribution in [2.24, 2.45) is 0 Å². The molecule has 0 saturated carbocycles. The third-order valence-electron chi connectivity index (χ3n) is 3.45. The lowest BCUT2D eigenvalue weighted by Gasteiger charge is -2.24. The van der Waals surface area contributed by atoms with Crippen molar-refractivity contribution < 1.29 is 30.0 Å². The van der Waals surface area contributed by atoms with E-state index in [1.54, 1.807) is 13.8 Å². The minimum Gasteiger partial charge on any atom is -0.395 e. The fourth-order valence-corrected chi connectivity index (χ4v) is 2.38. The zero-order valence-corrected chi connectivity index (χ0v) is 14.7. The van der Waals surface area contributed by atoms with Crippen molar-refractivity contribution in [1.29, 1.82) is 0 Å². The summed E-state index contributed by atoms with van der Waals surface area (Å²) in [4.78, 5) is 26.9. The molecule has 2 atom stereocenters. The van der Waals surface area contributed by atoms with E-state index >= 15 is 0 Å². The predicted octanol–water partition coefficient (Wildman–Crippen LogP) is -1.05. The number of unbranched alkanes of at least 4 members (excludes halogenated alkanes) is 1. The van der Waals surface area contributed by atoms with Gasteiger partial charge in [0, 0.05) is 39.0 Å². The largest absolute Gasteiger partial charge is 0.395 e. The zero-order valence-electron chi connectivity index (χ0n) is 14.7. The van der Waals surface area contributed by atoms with E-state index in [2.05, 4.69) is 0 Å². The molecule has 24 heavy (non-hydrogen) atoms. The van der Waals surface area contributed by atoms with Gasteiger partial charge in [-0.05, 0) is 26.7 Å². The van der Waals surface area contributed by atoms with E-state index in [1.807, 2.05) is 0 Å². The van der Waals surface area contributed by atoms with Gasteiger partial charge in [-0.25, -0.2) is 0 Å². The van der Waals surface area contributed by atoms with Crippen molar-refractivity contribution in [3.05, 3.63) is 0 Å². The lowest BCUT2D eigenvalue weighted by molar-refractivity contribution is -0.135. The van der Waals surface area contributed by atoms with Crippen LogP contribution < -0.4 is 0 Å². The van der Waals surface area contributed by atoms with E-state index in [-0.39, 0.29) is 64.0 Å². The number of hydrogen-bond acceptors (Lipinski definition) is 6. The predicted molar refractivity (Wildman–Crippen MR) is 89.2 cm³/mol. The van der Waals surface area contributed by atoms with Crippen molar-refractivity contribution in [2.45, 2.75) is 51.7 Å². The van der Waals surface area contributed by atoms with Gasteiger partial charge in [0.25, 0.3) is 0 Å². The first kappa shape index (κ1) is 22.8. The number of carbonyl (C=O) groups excluding carboxylic acids is 2. The molecule has 0 aliphatic heterocycles. The van der Waals surface area contributed by atoms with Gasteiger partial charge in [0.2, 0.25) is 11.8 Å². The van der Waals surface area contributed by atoms with Crippen molar-refractivity contribution in [1.82, 2.24) is 9.80 Å². The number of carbonyl (C=O) groups is 2. The molecule has 0 heterocycles. The summed E-state index contributed by atoms with van der Waals surface area (Å²) in [5, 5.41) is 36.6. The summed E-state index contributed by atoms with van der Waals surface area (Å²) < 4.78 is 0. The summed E-state index contributed by atoms with van der Waals surface area (Å²) in [5.74, 6) is -0.317. The van der Waals surface area contributed by atoms with Crippen LogP contribution in [0.1, 0.15) is 39.5 Å². The van der Waals surface area contributed by atoms with Crippen LogP contribution in [0.3, 0.4) is 0 Å². The molecule has 0 aliphatic carbocycles. The van der Waals surface area contributed by atoms with Crippen LogP contribution in [0.5, 0.6) is 0 Å². The Kier molecular flexibility index (Phi) is 12.4. The number of amides is 2. The summed E-state index contributed by atoms with van der Waals surface area (Å²) in [6.07, 6.45) is 0.221. The Bertz CT molecular complexity index is 328. The van der Waals surface area contributed by atoms with Crippen molar-refractivity contribution in [3.8, 4) is 0 Å². The Hall–Kier alpha value is -1.22. The van der Waals surface area contributed by atoms with E-state index < -0.39 is 12.2 Å². The highest BCUT2D eigenvalue weighted by atomic mass is 16.3. The zero-order chi connectivity index (χ0) is 18.5.